The van der Waals surface area contributed by atoms with Crippen molar-refractivity contribution in [2.45, 2.75) is 6.92 Å². The number of benzene rings is 2. The number of carbonyl (C=O) groups is 3. The van der Waals surface area contributed by atoms with Crippen LogP contribution < -0.4 is 21.0 Å². The Balaban J connectivity index is 1.39. The Hall–Kier alpha value is -4.77. The first-order chi connectivity index (χ1) is 17.3. The number of rotatable bonds is 6. The molecule has 2 aromatic heterocycles. The molecule has 0 bridgehead atoms. The summed E-state index contributed by atoms with van der Waals surface area (Å²) < 4.78 is 8.30. The number of carbonyl (C=O) groups excluding carboxylic acids is 3. The molecule has 4 rings (SSSR count). The number of nitrogens with one attached hydrogen (secondary N) is 2. The molecular weight excluding hydrogens is 482 g/mol. The predicted molar refractivity (Wildman–Crippen MR) is 136 cm³/mol. The van der Waals surface area contributed by atoms with Crippen molar-refractivity contribution in [1.82, 2.24) is 14.8 Å². The second-order valence-electron chi connectivity index (χ2n) is 7.53. The highest BCUT2D eigenvalue weighted by molar-refractivity contribution is 7.12. The normalized spacial score (nSPS) is 10.8. The average Bonchev–Trinajstić information content (AvgIpc) is 3.49. The molecule has 0 saturated heterocycles. The number of aromatic nitrogens is 2. The number of anilines is 1. The third-order valence-corrected chi connectivity index (χ3v) is 6.02. The fraction of sp³-hybridized carbons (Fsp3) is 0.0800. The maximum absolute atomic E-state index is 12.9. The Kier molecular flexibility index (Phi) is 7.21. The van der Waals surface area contributed by atoms with Crippen LogP contribution in [-0.2, 0) is 16.6 Å². The van der Waals surface area contributed by atoms with Crippen molar-refractivity contribution >= 4 is 41.0 Å². The minimum atomic E-state index is -1.06. The van der Waals surface area contributed by atoms with Crippen LogP contribution in [0.3, 0.4) is 0 Å². The van der Waals surface area contributed by atoms with Gasteiger partial charge in [0.15, 0.2) is 0 Å². The van der Waals surface area contributed by atoms with Crippen LogP contribution >= 0.6 is 11.3 Å². The van der Waals surface area contributed by atoms with Gasteiger partial charge in [-0.3, -0.25) is 19.1 Å². The molecule has 0 radical (unpaired) electrons. The number of hydrogen-bond donors (Lipinski definition) is 2. The summed E-state index contributed by atoms with van der Waals surface area (Å²) >= 11 is 1.27. The molecule has 0 spiro atoms. The van der Waals surface area contributed by atoms with E-state index >= 15 is 0 Å². The molecule has 0 unspecified atom stereocenters. The summed E-state index contributed by atoms with van der Waals surface area (Å²) in [7, 11) is 1.68. The Morgan fingerprint density at radius 1 is 1.00 bits per heavy atom. The van der Waals surface area contributed by atoms with Gasteiger partial charge in [0.05, 0.1) is 17.6 Å². The van der Waals surface area contributed by atoms with Crippen LogP contribution in [0.2, 0.25) is 0 Å². The summed E-state index contributed by atoms with van der Waals surface area (Å²) in [6, 6.07) is 18.8. The van der Waals surface area contributed by atoms with Crippen molar-refractivity contribution in [3.05, 3.63) is 98.6 Å². The number of thiophene rings is 1. The molecule has 2 amide bonds. The smallest absolute Gasteiger partial charge is 0.353 e. The molecule has 0 aliphatic heterocycles. The van der Waals surface area contributed by atoms with Crippen molar-refractivity contribution in [2.24, 2.45) is 12.1 Å². The van der Waals surface area contributed by atoms with Crippen molar-refractivity contribution in [2.75, 3.05) is 5.32 Å². The zero-order chi connectivity index (χ0) is 25.7. The van der Waals surface area contributed by atoms with E-state index in [1.165, 1.54) is 22.2 Å². The zero-order valence-corrected chi connectivity index (χ0v) is 20.1. The first-order valence-corrected chi connectivity index (χ1v) is 11.6. The maximum atomic E-state index is 12.9. The molecule has 0 aliphatic carbocycles. The fourth-order valence-corrected chi connectivity index (χ4v) is 3.91. The van der Waals surface area contributed by atoms with Crippen molar-refractivity contribution < 1.29 is 19.1 Å². The molecule has 2 N–H and O–H groups in total. The van der Waals surface area contributed by atoms with E-state index in [-0.39, 0.29) is 5.69 Å². The maximum Gasteiger partial charge on any atom is 0.353 e. The SMILES string of the molecule is Cc1c(NC(=O)C(=O)N/N=C/c2cccc(OC(=O)c3cccs3)c2)c(=O)n(-c2ccccc2)n1C. The van der Waals surface area contributed by atoms with Crippen LogP contribution in [-0.4, -0.2) is 33.4 Å². The predicted octanol–water partition coefficient (Wildman–Crippen LogP) is 2.85. The van der Waals surface area contributed by atoms with E-state index in [2.05, 4.69) is 15.8 Å². The molecule has 11 heteroatoms. The van der Waals surface area contributed by atoms with Crippen LogP contribution in [0.1, 0.15) is 20.9 Å². The molecule has 4 aromatic rings. The molecule has 0 saturated carbocycles. The van der Waals surface area contributed by atoms with Gasteiger partial charge in [0.1, 0.15) is 16.3 Å². The first-order valence-electron chi connectivity index (χ1n) is 10.7. The van der Waals surface area contributed by atoms with Crippen LogP contribution in [0.4, 0.5) is 5.69 Å². The highest BCUT2D eigenvalue weighted by Gasteiger charge is 2.21. The summed E-state index contributed by atoms with van der Waals surface area (Å²) in [6.45, 7) is 1.66. The van der Waals surface area contributed by atoms with Gasteiger partial charge in [0.25, 0.3) is 5.56 Å². The van der Waals surface area contributed by atoms with E-state index in [1.807, 2.05) is 6.07 Å². The minimum absolute atomic E-state index is 0.00857. The van der Waals surface area contributed by atoms with Gasteiger partial charge in [-0.15, -0.1) is 11.3 Å². The summed E-state index contributed by atoms with van der Waals surface area (Å²) in [5.41, 5.74) is 3.26. The summed E-state index contributed by atoms with van der Waals surface area (Å²) in [6.07, 6.45) is 1.30. The highest BCUT2D eigenvalue weighted by atomic mass is 32.1. The Bertz CT molecular complexity index is 1500. The molecule has 182 valence electrons. The van der Waals surface area contributed by atoms with E-state index in [4.69, 9.17) is 4.74 Å². The number of hydrogen-bond acceptors (Lipinski definition) is 7. The monoisotopic (exact) mass is 503 g/mol. The van der Waals surface area contributed by atoms with Gasteiger partial charge in [0.2, 0.25) is 0 Å². The van der Waals surface area contributed by atoms with Gasteiger partial charge in [0, 0.05) is 7.05 Å². The van der Waals surface area contributed by atoms with Crippen LogP contribution in [0, 0.1) is 6.92 Å². The molecule has 0 atom stereocenters. The second-order valence-corrected chi connectivity index (χ2v) is 8.48. The lowest BCUT2D eigenvalue weighted by Gasteiger charge is -2.07. The largest absolute Gasteiger partial charge is 0.422 e. The van der Waals surface area contributed by atoms with Crippen molar-refractivity contribution in [1.29, 1.82) is 0 Å². The second kappa shape index (κ2) is 10.7. The lowest BCUT2D eigenvalue weighted by Crippen LogP contribution is -2.34. The van der Waals surface area contributed by atoms with Crippen LogP contribution in [0.25, 0.3) is 5.69 Å². The van der Waals surface area contributed by atoms with E-state index in [1.54, 1.807) is 84.7 Å². The summed E-state index contributed by atoms with van der Waals surface area (Å²) in [5, 5.41) is 7.92. The third kappa shape index (κ3) is 5.31. The van der Waals surface area contributed by atoms with Crippen LogP contribution in [0.5, 0.6) is 5.75 Å². The number of ether oxygens (including phenoxy) is 1. The van der Waals surface area contributed by atoms with E-state index in [0.29, 0.717) is 27.6 Å². The topological polar surface area (TPSA) is 124 Å². The highest BCUT2D eigenvalue weighted by Crippen LogP contribution is 2.17. The van der Waals surface area contributed by atoms with Gasteiger partial charge in [-0.2, -0.15) is 5.10 Å². The van der Waals surface area contributed by atoms with Crippen LogP contribution in [0.15, 0.2) is 82.0 Å². The van der Waals surface area contributed by atoms with E-state index in [9.17, 15) is 19.2 Å². The lowest BCUT2D eigenvalue weighted by molar-refractivity contribution is -0.136. The molecule has 0 fully saturated rings. The summed E-state index contributed by atoms with van der Waals surface area (Å²) in [4.78, 5) is 50.1. The number of esters is 1. The fourth-order valence-electron chi connectivity index (χ4n) is 3.31. The van der Waals surface area contributed by atoms with Gasteiger partial charge in [-0.25, -0.2) is 14.9 Å². The molecule has 2 heterocycles. The third-order valence-electron chi connectivity index (χ3n) is 5.17. The molecule has 2 aromatic carbocycles. The average molecular weight is 504 g/mol. The number of nitrogens with zero attached hydrogens (tertiary/aromatic N) is 3. The molecular formula is C25H21N5O5S. The Morgan fingerprint density at radius 3 is 2.50 bits per heavy atom. The first kappa shape index (κ1) is 24.4. The van der Waals surface area contributed by atoms with E-state index < -0.39 is 23.3 Å². The van der Waals surface area contributed by atoms with Gasteiger partial charge in [-0.05, 0) is 48.2 Å². The number of hydrazone groups is 1. The minimum Gasteiger partial charge on any atom is -0.422 e. The van der Waals surface area contributed by atoms with Gasteiger partial charge in [-0.1, -0.05) is 36.4 Å². The number of amides is 2. The number of para-hydroxylation sites is 1. The zero-order valence-electron chi connectivity index (χ0n) is 19.3. The van der Waals surface area contributed by atoms with Gasteiger partial charge >= 0.3 is 17.8 Å². The van der Waals surface area contributed by atoms with Gasteiger partial charge < -0.3 is 10.1 Å². The van der Waals surface area contributed by atoms with Crippen molar-refractivity contribution in [3.63, 3.8) is 0 Å². The standard InChI is InChI=1S/C25H21N5O5S/c1-16-21(24(33)30(29(16)2)18-9-4-3-5-10-18)27-22(31)23(32)28-26-15-17-8-6-11-19(14-17)35-25(34)20-12-7-13-36-20/h3-15H,1-2H3,(H,27,31)(H,28,32)/b26-15+. The Morgan fingerprint density at radius 2 is 1.78 bits per heavy atom. The quantitative estimate of drug-likeness (QED) is 0.138. The molecule has 36 heavy (non-hydrogen) atoms. The van der Waals surface area contributed by atoms with Crippen molar-refractivity contribution in [3.8, 4) is 11.4 Å². The van der Waals surface area contributed by atoms with E-state index in [0.717, 1.165) is 0 Å². The molecule has 10 nitrogen and oxygen atoms in total. The Labute approximate surface area is 209 Å². The lowest BCUT2D eigenvalue weighted by atomic mass is 10.2. The summed E-state index contributed by atoms with van der Waals surface area (Å²) in [5.74, 6) is -2.28. The molecule has 0 aliphatic rings.